The molecule has 1 saturated heterocycles. The Hall–Kier alpha value is -1.86. The highest BCUT2D eigenvalue weighted by molar-refractivity contribution is 7.80. The molecular formula is C17H25N3O3S. The minimum absolute atomic E-state index is 0.241. The van der Waals surface area contributed by atoms with Crippen LogP contribution in [0.15, 0.2) is 23.3 Å². The fourth-order valence-electron chi connectivity index (χ4n) is 2.53. The van der Waals surface area contributed by atoms with Crippen LogP contribution in [0.2, 0.25) is 0 Å². The van der Waals surface area contributed by atoms with Crippen LogP contribution in [0.25, 0.3) is 0 Å². The molecule has 24 heavy (non-hydrogen) atoms. The molecular weight excluding hydrogens is 326 g/mol. The quantitative estimate of drug-likeness (QED) is 0.447. The van der Waals surface area contributed by atoms with Gasteiger partial charge in [0, 0.05) is 18.7 Å². The first-order valence-electron chi connectivity index (χ1n) is 8.12. The molecule has 0 amide bonds. The maximum absolute atomic E-state index is 5.56. The van der Waals surface area contributed by atoms with Gasteiger partial charge in [-0.1, -0.05) is 6.92 Å². The summed E-state index contributed by atoms with van der Waals surface area (Å²) in [6.07, 6.45) is 3.19. The van der Waals surface area contributed by atoms with Gasteiger partial charge in [-0.05, 0) is 49.7 Å². The Bertz CT molecular complexity index is 586. The number of thiocarbonyl (C=S) groups is 1. The zero-order valence-corrected chi connectivity index (χ0v) is 15.2. The average Bonchev–Trinajstić information content (AvgIpc) is 3.13. The van der Waals surface area contributed by atoms with Gasteiger partial charge in [-0.2, -0.15) is 5.10 Å². The number of rotatable bonds is 7. The number of hydrazone groups is 1. The molecule has 2 N–H and O–H groups in total. The summed E-state index contributed by atoms with van der Waals surface area (Å²) in [5, 5.41) is 8.05. The summed E-state index contributed by atoms with van der Waals surface area (Å²) in [5.41, 5.74) is 4.75. The topological polar surface area (TPSA) is 64.1 Å². The predicted octanol–water partition coefficient (Wildman–Crippen LogP) is 2.46. The lowest BCUT2D eigenvalue weighted by Gasteiger charge is -2.13. The number of methoxy groups -OCH3 is 2. The summed E-state index contributed by atoms with van der Waals surface area (Å²) in [5.74, 6) is 1.37. The molecule has 1 aliphatic heterocycles. The van der Waals surface area contributed by atoms with E-state index in [1.54, 1.807) is 14.2 Å². The molecule has 1 atom stereocenters. The Kier molecular flexibility index (Phi) is 7.27. The van der Waals surface area contributed by atoms with E-state index in [0.29, 0.717) is 23.2 Å². The zero-order chi connectivity index (χ0) is 17.4. The molecule has 0 bridgehead atoms. The van der Waals surface area contributed by atoms with Crippen LogP contribution in [0, 0.1) is 0 Å². The molecule has 0 aliphatic carbocycles. The van der Waals surface area contributed by atoms with Crippen molar-refractivity contribution >= 4 is 23.0 Å². The van der Waals surface area contributed by atoms with Gasteiger partial charge in [0.1, 0.15) is 0 Å². The number of nitrogens with zero attached hydrogens (tertiary/aromatic N) is 1. The van der Waals surface area contributed by atoms with Crippen LogP contribution >= 0.6 is 12.2 Å². The largest absolute Gasteiger partial charge is 0.493 e. The molecule has 1 aromatic rings. The van der Waals surface area contributed by atoms with Gasteiger partial charge in [0.05, 0.1) is 26.0 Å². The highest BCUT2D eigenvalue weighted by Gasteiger charge is 2.15. The molecule has 1 heterocycles. The normalized spacial score (nSPS) is 17.5. The van der Waals surface area contributed by atoms with Crippen LogP contribution in [-0.2, 0) is 4.74 Å². The Balaban J connectivity index is 1.96. The lowest BCUT2D eigenvalue weighted by atomic mass is 10.1. The van der Waals surface area contributed by atoms with E-state index in [2.05, 4.69) is 15.8 Å². The van der Waals surface area contributed by atoms with E-state index < -0.39 is 0 Å². The van der Waals surface area contributed by atoms with E-state index in [-0.39, 0.29) is 6.10 Å². The van der Waals surface area contributed by atoms with Gasteiger partial charge in [0.25, 0.3) is 0 Å². The first-order valence-corrected chi connectivity index (χ1v) is 8.53. The Morgan fingerprint density at radius 2 is 2.12 bits per heavy atom. The second-order valence-corrected chi connectivity index (χ2v) is 5.85. The first kappa shape index (κ1) is 18.5. The van der Waals surface area contributed by atoms with Gasteiger partial charge < -0.3 is 19.5 Å². The molecule has 0 saturated carbocycles. The molecule has 1 aliphatic rings. The molecule has 2 rings (SSSR count). The van der Waals surface area contributed by atoms with E-state index in [9.17, 15) is 0 Å². The molecule has 1 aromatic carbocycles. The highest BCUT2D eigenvalue weighted by Crippen LogP contribution is 2.28. The van der Waals surface area contributed by atoms with Gasteiger partial charge in [-0.3, -0.25) is 5.43 Å². The average molecular weight is 351 g/mol. The highest BCUT2D eigenvalue weighted by atomic mass is 32.1. The minimum atomic E-state index is 0.241. The fraction of sp³-hybridized carbons (Fsp3) is 0.529. The molecule has 1 unspecified atom stereocenters. The van der Waals surface area contributed by atoms with Crippen molar-refractivity contribution in [3.05, 3.63) is 23.8 Å². The zero-order valence-electron chi connectivity index (χ0n) is 14.4. The molecule has 0 radical (unpaired) electrons. The van der Waals surface area contributed by atoms with Crippen molar-refractivity contribution in [2.75, 3.05) is 27.4 Å². The first-order chi connectivity index (χ1) is 11.7. The standard InChI is InChI=1S/C17H25N3O3S/c1-4-14(12-7-8-15(21-2)16(10-12)22-3)19-20-17(24)18-11-13-6-5-9-23-13/h7-8,10,13H,4-6,9,11H2,1-3H3,(H2,18,20,24). The number of hydrogen-bond donors (Lipinski definition) is 2. The van der Waals surface area contributed by atoms with Crippen molar-refractivity contribution in [2.45, 2.75) is 32.3 Å². The molecule has 0 spiro atoms. The van der Waals surface area contributed by atoms with Gasteiger partial charge >= 0.3 is 0 Å². The van der Waals surface area contributed by atoms with E-state index in [4.69, 9.17) is 26.4 Å². The third kappa shape index (κ3) is 5.07. The summed E-state index contributed by atoms with van der Waals surface area (Å²) in [6.45, 7) is 3.59. The lowest BCUT2D eigenvalue weighted by Crippen LogP contribution is -2.37. The summed E-state index contributed by atoms with van der Waals surface area (Å²) >= 11 is 5.26. The van der Waals surface area contributed by atoms with Crippen LogP contribution in [0.5, 0.6) is 11.5 Å². The van der Waals surface area contributed by atoms with Gasteiger partial charge in [-0.15, -0.1) is 0 Å². The maximum atomic E-state index is 5.56. The Labute approximate surface area is 148 Å². The van der Waals surface area contributed by atoms with Crippen molar-refractivity contribution in [3.8, 4) is 11.5 Å². The minimum Gasteiger partial charge on any atom is -0.493 e. The van der Waals surface area contributed by atoms with E-state index in [1.807, 2.05) is 25.1 Å². The van der Waals surface area contributed by atoms with Crippen LogP contribution in [0.4, 0.5) is 0 Å². The summed E-state index contributed by atoms with van der Waals surface area (Å²) in [4.78, 5) is 0. The van der Waals surface area contributed by atoms with E-state index >= 15 is 0 Å². The number of nitrogens with one attached hydrogen (secondary N) is 2. The molecule has 1 fully saturated rings. The molecule has 7 heteroatoms. The van der Waals surface area contributed by atoms with Crippen molar-refractivity contribution < 1.29 is 14.2 Å². The third-order valence-corrected chi connectivity index (χ3v) is 4.09. The van der Waals surface area contributed by atoms with Crippen LogP contribution in [0.3, 0.4) is 0 Å². The number of hydrogen-bond acceptors (Lipinski definition) is 5. The second kappa shape index (κ2) is 9.44. The lowest BCUT2D eigenvalue weighted by molar-refractivity contribution is 0.114. The molecule has 132 valence electrons. The van der Waals surface area contributed by atoms with Gasteiger partial charge in [-0.25, -0.2) is 0 Å². The number of ether oxygens (including phenoxy) is 3. The van der Waals surface area contributed by atoms with E-state index in [1.165, 1.54) is 0 Å². The third-order valence-electron chi connectivity index (χ3n) is 3.86. The van der Waals surface area contributed by atoms with E-state index in [0.717, 1.165) is 37.1 Å². The fourth-order valence-corrected chi connectivity index (χ4v) is 2.66. The van der Waals surface area contributed by atoms with Crippen LogP contribution in [-0.4, -0.2) is 44.3 Å². The molecule has 0 aromatic heterocycles. The summed E-state index contributed by atoms with van der Waals surface area (Å²) in [7, 11) is 3.23. The Morgan fingerprint density at radius 1 is 1.33 bits per heavy atom. The summed E-state index contributed by atoms with van der Waals surface area (Å²) < 4.78 is 16.2. The van der Waals surface area contributed by atoms with Gasteiger partial charge in [0.2, 0.25) is 0 Å². The van der Waals surface area contributed by atoms with Crippen molar-refractivity contribution in [3.63, 3.8) is 0 Å². The van der Waals surface area contributed by atoms with Gasteiger partial charge in [0.15, 0.2) is 16.6 Å². The smallest absolute Gasteiger partial charge is 0.187 e. The van der Waals surface area contributed by atoms with Crippen LogP contribution < -0.4 is 20.2 Å². The van der Waals surface area contributed by atoms with Crippen molar-refractivity contribution in [1.82, 2.24) is 10.7 Å². The SMILES string of the molecule is CCC(=NNC(=S)NCC1CCCO1)c1ccc(OC)c(OC)c1. The van der Waals surface area contributed by atoms with Crippen molar-refractivity contribution in [2.24, 2.45) is 5.10 Å². The summed E-state index contributed by atoms with van der Waals surface area (Å²) in [6, 6.07) is 5.73. The number of benzene rings is 1. The monoisotopic (exact) mass is 351 g/mol. The maximum Gasteiger partial charge on any atom is 0.187 e. The van der Waals surface area contributed by atoms with Crippen molar-refractivity contribution in [1.29, 1.82) is 0 Å². The predicted molar refractivity (Wildman–Crippen MR) is 99.1 cm³/mol. The second-order valence-electron chi connectivity index (χ2n) is 5.44. The molecule has 6 nitrogen and oxygen atoms in total. The Morgan fingerprint density at radius 3 is 2.75 bits per heavy atom. The van der Waals surface area contributed by atoms with Crippen LogP contribution in [0.1, 0.15) is 31.7 Å².